The zero-order valence-corrected chi connectivity index (χ0v) is 24.1. The predicted octanol–water partition coefficient (Wildman–Crippen LogP) is 5.57. The number of carbonyl (C=O) groups excluding carboxylic acids is 2. The average molecular weight is 567 g/mol. The molecular weight excluding hydrogens is 531 g/mol. The fourth-order valence-electron chi connectivity index (χ4n) is 5.43. The Bertz CT molecular complexity index is 1620. The lowest BCUT2D eigenvalue weighted by Crippen LogP contribution is -2.46. The summed E-state index contributed by atoms with van der Waals surface area (Å²) in [5.41, 5.74) is 10.3. The Morgan fingerprint density at radius 3 is 2.45 bits per heavy atom. The van der Waals surface area contributed by atoms with Crippen LogP contribution in [0.15, 0.2) is 85.2 Å². The van der Waals surface area contributed by atoms with E-state index in [9.17, 15) is 19.1 Å². The minimum Gasteiger partial charge on any atom is -0.396 e. The van der Waals surface area contributed by atoms with E-state index >= 15 is 0 Å². The van der Waals surface area contributed by atoms with Gasteiger partial charge in [0.05, 0.1) is 17.8 Å². The lowest BCUT2D eigenvalue weighted by molar-refractivity contribution is -0.124. The van der Waals surface area contributed by atoms with E-state index in [4.69, 9.17) is 5.73 Å². The molecule has 0 radical (unpaired) electrons. The third-order valence-corrected chi connectivity index (χ3v) is 7.73. The van der Waals surface area contributed by atoms with Crippen molar-refractivity contribution in [3.8, 4) is 0 Å². The number of hydrogen-bond donors (Lipinski definition) is 3. The smallest absolute Gasteiger partial charge is 0.259 e. The number of fused-ring (bicyclic) bond motifs is 1. The van der Waals surface area contributed by atoms with E-state index in [2.05, 4.69) is 31.1 Å². The van der Waals surface area contributed by atoms with Gasteiger partial charge in [0.15, 0.2) is 0 Å². The molecule has 1 aromatic heterocycles. The number of rotatable bonds is 6. The van der Waals surface area contributed by atoms with Crippen molar-refractivity contribution >= 4 is 23.2 Å². The molecule has 0 saturated carbocycles. The van der Waals surface area contributed by atoms with Crippen LogP contribution in [0, 0.1) is 12.7 Å². The molecule has 1 heterocycles. The summed E-state index contributed by atoms with van der Waals surface area (Å²) in [7, 11) is 0. The first-order valence-electron chi connectivity index (χ1n) is 13.9. The fourth-order valence-corrected chi connectivity index (χ4v) is 5.43. The molecule has 42 heavy (non-hydrogen) atoms. The minimum absolute atomic E-state index is 0.0324. The Balaban J connectivity index is 1.62. The lowest BCUT2D eigenvalue weighted by atomic mass is 9.87. The predicted molar refractivity (Wildman–Crippen MR) is 162 cm³/mol. The first-order chi connectivity index (χ1) is 19.9. The Labute approximate surface area is 245 Å². The van der Waals surface area contributed by atoms with Crippen LogP contribution >= 0.6 is 0 Å². The maximum Gasteiger partial charge on any atom is 0.259 e. The molecular formula is C34H35FN4O3. The number of anilines is 2. The summed E-state index contributed by atoms with van der Waals surface area (Å²) in [6.45, 7) is 8.23. The largest absolute Gasteiger partial charge is 0.396 e. The highest BCUT2D eigenvalue weighted by molar-refractivity contribution is 6.10. The van der Waals surface area contributed by atoms with Crippen LogP contribution in [0.4, 0.5) is 15.8 Å². The molecule has 3 aromatic carbocycles. The summed E-state index contributed by atoms with van der Waals surface area (Å²) in [5, 5.41) is 14.0. The van der Waals surface area contributed by atoms with Gasteiger partial charge in [0, 0.05) is 35.6 Å². The van der Waals surface area contributed by atoms with E-state index in [1.54, 1.807) is 30.5 Å². The van der Waals surface area contributed by atoms with Gasteiger partial charge in [0.2, 0.25) is 5.91 Å². The number of aliphatic hydroxyl groups excluding tert-OH is 1. The number of nitrogens with zero attached hydrogens (tertiary/aromatic N) is 2. The number of halogens is 1. The van der Waals surface area contributed by atoms with Crippen LogP contribution in [-0.2, 0) is 16.6 Å². The number of nitrogens with one attached hydrogen (secondary N) is 1. The van der Waals surface area contributed by atoms with Crippen molar-refractivity contribution in [2.24, 2.45) is 0 Å². The Hall–Kier alpha value is -4.56. The van der Waals surface area contributed by atoms with Gasteiger partial charge in [0.25, 0.3) is 5.91 Å². The number of aliphatic hydroxyl groups is 1. The third-order valence-electron chi connectivity index (χ3n) is 7.73. The lowest BCUT2D eigenvalue weighted by Gasteiger charge is -2.33. The van der Waals surface area contributed by atoms with E-state index in [0.717, 1.165) is 28.3 Å². The summed E-state index contributed by atoms with van der Waals surface area (Å²) < 4.78 is 14.5. The molecule has 5 rings (SSSR count). The number of hydrogen-bond acceptors (Lipinski definition) is 5. The molecule has 4 N–H and O–H groups in total. The second-order valence-electron chi connectivity index (χ2n) is 11.9. The summed E-state index contributed by atoms with van der Waals surface area (Å²) in [4.78, 5) is 34.1. The normalized spacial score (nSPS) is 16.9. The molecule has 0 spiro atoms. The molecule has 1 aliphatic carbocycles. The van der Waals surface area contributed by atoms with Gasteiger partial charge in [-0.25, -0.2) is 4.39 Å². The molecule has 0 saturated heterocycles. The molecule has 8 heteroatoms. The van der Waals surface area contributed by atoms with Crippen molar-refractivity contribution in [2.75, 3.05) is 10.6 Å². The van der Waals surface area contributed by atoms with E-state index in [-0.39, 0.29) is 16.7 Å². The summed E-state index contributed by atoms with van der Waals surface area (Å²) >= 11 is 0. The van der Waals surface area contributed by atoms with Crippen LogP contribution in [0.3, 0.4) is 0 Å². The molecule has 216 valence electrons. The van der Waals surface area contributed by atoms with Crippen LogP contribution < -0.4 is 16.0 Å². The first kappa shape index (κ1) is 29.0. The second-order valence-corrected chi connectivity index (χ2v) is 11.9. The number of carbonyl (C=O) groups is 2. The van der Waals surface area contributed by atoms with Crippen LogP contribution in [0.25, 0.3) is 0 Å². The Kier molecular flexibility index (Phi) is 7.84. The summed E-state index contributed by atoms with van der Waals surface area (Å²) in [6.07, 6.45) is 2.68. The number of nitrogen functional groups attached to an aromatic ring is 1. The van der Waals surface area contributed by atoms with Crippen molar-refractivity contribution in [3.05, 3.63) is 124 Å². The van der Waals surface area contributed by atoms with Gasteiger partial charge in [-0.2, -0.15) is 0 Å². The highest BCUT2D eigenvalue weighted by atomic mass is 19.1. The van der Waals surface area contributed by atoms with Crippen molar-refractivity contribution in [1.29, 1.82) is 0 Å². The van der Waals surface area contributed by atoms with E-state index < -0.39 is 35.8 Å². The Morgan fingerprint density at radius 1 is 1.07 bits per heavy atom. The quantitative estimate of drug-likeness (QED) is 0.265. The standard InChI is InChI=1S/C34H35FN4O3/c1-20-7-13-26-23(16-20)18-29(40)30(26)38-32(41)31(22-6-5-15-37-19-22)39(25-11-9-24(10-12-25)34(2,3)4)33(42)21-8-14-28(36)27(35)17-21/h5-17,19,29-31,40H,18,36H2,1-4H3,(H,38,41)/t29-,30+,31?/m1/s1. The van der Waals surface area contributed by atoms with Crippen LogP contribution in [0.1, 0.15) is 71.0 Å². The SMILES string of the molecule is Cc1ccc2c(c1)C[C@@H](O)[C@H]2NC(=O)C(c1cccnc1)N(C(=O)c1ccc(N)c(F)c1)c1ccc(C(C)(C)C)cc1. The second kappa shape index (κ2) is 11.4. The molecule has 0 bridgehead atoms. The maximum absolute atomic E-state index is 14.5. The molecule has 0 fully saturated rings. The highest BCUT2D eigenvalue weighted by Crippen LogP contribution is 2.36. The van der Waals surface area contributed by atoms with Crippen LogP contribution in [0.5, 0.6) is 0 Å². The molecule has 1 aliphatic rings. The van der Waals surface area contributed by atoms with Gasteiger partial charge in [-0.3, -0.25) is 19.5 Å². The number of aryl methyl sites for hydroxylation is 1. The Morgan fingerprint density at radius 2 is 1.81 bits per heavy atom. The highest BCUT2D eigenvalue weighted by Gasteiger charge is 2.38. The number of amides is 2. The molecule has 0 aliphatic heterocycles. The van der Waals surface area contributed by atoms with Crippen molar-refractivity contribution < 1.29 is 19.1 Å². The molecule has 3 atom stereocenters. The zero-order valence-electron chi connectivity index (χ0n) is 24.1. The molecule has 4 aromatic rings. The average Bonchev–Trinajstić information content (AvgIpc) is 3.26. The van der Waals surface area contributed by atoms with Gasteiger partial charge < -0.3 is 16.2 Å². The fraction of sp³-hybridized carbons (Fsp3) is 0.265. The van der Waals surface area contributed by atoms with Crippen LogP contribution in [-0.4, -0.2) is 28.0 Å². The van der Waals surface area contributed by atoms with Gasteiger partial charge in [-0.15, -0.1) is 0 Å². The van der Waals surface area contributed by atoms with E-state index in [0.29, 0.717) is 17.7 Å². The zero-order chi connectivity index (χ0) is 30.2. The van der Waals surface area contributed by atoms with Gasteiger partial charge >= 0.3 is 0 Å². The molecule has 1 unspecified atom stereocenters. The van der Waals surface area contributed by atoms with E-state index in [1.807, 2.05) is 37.3 Å². The van der Waals surface area contributed by atoms with Gasteiger partial charge in [-0.05, 0) is 65.4 Å². The molecule has 7 nitrogen and oxygen atoms in total. The van der Waals surface area contributed by atoms with Crippen molar-refractivity contribution in [2.45, 2.75) is 57.7 Å². The number of pyridine rings is 1. The van der Waals surface area contributed by atoms with Gasteiger partial charge in [0.1, 0.15) is 11.9 Å². The van der Waals surface area contributed by atoms with Crippen molar-refractivity contribution in [3.63, 3.8) is 0 Å². The maximum atomic E-state index is 14.5. The van der Waals surface area contributed by atoms with Crippen LogP contribution in [0.2, 0.25) is 0 Å². The number of benzene rings is 3. The number of aromatic nitrogens is 1. The summed E-state index contributed by atoms with van der Waals surface area (Å²) in [6, 6.07) is 18.6. The summed E-state index contributed by atoms with van der Waals surface area (Å²) in [5.74, 6) is -1.83. The first-order valence-corrected chi connectivity index (χ1v) is 13.9. The number of nitrogens with two attached hydrogens (primary N) is 1. The topological polar surface area (TPSA) is 109 Å². The van der Waals surface area contributed by atoms with Crippen molar-refractivity contribution in [1.82, 2.24) is 10.3 Å². The van der Waals surface area contributed by atoms with E-state index in [1.165, 1.54) is 23.2 Å². The minimum atomic E-state index is -1.19. The monoisotopic (exact) mass is 566 g/mol. The molecule has 2 amide bonds. The third kappa shape index (κ3) is 5.76. The van der Waals surface area contributed by atoms with Gasteiger partial charge in [-0.1, -0.05) is 62.7 Å².